The van der Waals surface area contributed by atoms with Gasteiger partial charge in [0.15, 0.2) is 6.17 Å². The number of nitrogens with one attached hydrogen (secondary N) is 1. The van der Waals surface area contributed by atoms with Crippen molar-refractivity contribution in [1.82, 2.24) is 4.98 Å². The molecule has 0 spiro atoms. The van der Waals surface area contributed by atoms with Crippen LogP contribution in [-0.4, -0.2) is 17.5 Å². The number of rotatable bonds is 5. The van der Waals surface area contributed by atoms with Gasteiger partial charge in [0.25, 0.3) is 5.91 Å². The molecule has 2 aromatic carbocycles. The number of ether oxygens (including phenoxy) is 1. The first-order chi connectivity index (χ1) is 13.6. The molecule has 1 aliphatic heterocycles. The molecule has 4 rings (SSSR count). The van der Waals surface area contributed by atoms with Crippen molar-refractivity contribution < 1.29 is 13.9 Å². The molecule has 2 heterocycles. The van der Waals surface area contributed by atoms with Crippen LogP contribution in [0.1, 0.15) is 29.1 Å². The zero-order valence-corrected chi connectivity index (χ0v) is 16.6. The molecule has 142 valence electrons. The van der Waals surface area contributed by atoms with E-state index in [-0.39, 0.29) is 11.6 Å². The van der Waals surface area contributed by atoms with Crippen LogP contribution in [0.5, 0.6) is 5.75 Å². The van der Waals surface area contributed by atoms with Gasteiger partial charge >= 0.3 is 0 Å². The highest BCUT2D eigenvalue weighted by atomic mass is 79.9. The Kier molecular flexibility index (Phi) is 5.00. The number of benzene rings is 2. The molecule has 0 aliphatic carbocycles. The summed E-state index contributed by atoms with van der Waals surface area (Å²) in [6.45, 7) is 2.47. The number of carbonyl (C=O) groups excluding carboxylic acids is 1. The first-order valence-electron chi connectivity index (χ1n) is 8.81. The fourth-order valence-electron chi connectivity index (χ4n) is 3.21. The molecule has 0 saturated carbocycles. The minimum Gasteiger partial charge on any atom is -0.494 e. The standard InChI is InChI=1S/C21H17BrFN3O2/c1-2-28-15-8-6-14(7-9-15)26-20(19-16(21(26)27)4-3-11-24-19)25-18-10-5-13(22)12-17(18)23/h3-12,20,25H,2H2,1H3/t20-/m0/s1. The SMILES string of the molecule is CCOc1ccc(N2C(=O)c3cccnc3[C@H]2Nc2ccc(Br)cc2F)cc1. The number of halogens is 2. The summed E-state index contributed by atoms with van der Waals surface area (Å²) < 4.78 is 20.5. The van der Waals surface area contributed by atoms with Gasteiger partial charge in [0, 0.05) is 16.4 Å². The lowest BCUT2D eigenvalue weighted by atomic mass is 10.2. The van der Waals surface area contributed by atoms with E-state index in [1.807, 2.05) is 6.92 Å². The zero-order valence-electron chi connectivity index (χ0n) is 15.0. The summed E-state index contributed by atoms with van der Waals surface area (Å²) in [5.74, 6) is 0.108. The second kappa shape index (κ2) is 7.59. The number of aromatic nitrogens is 1. The maximum Gasteiger partial charge on any atom is 0.262 e. The van der Waals surface area contributed by atoms with E-state index in [0.29, 0.717) is 28.0 Å². The highest BCUT2D eigenvalue weighted by Crippen LogP contribution is 2.38. The van der Waals surface area contributed by atoms with Crippen molar-refractivity contribution in [2.45, 2.75) is 13.1 Å². The fraction of sp³-hybridized carbons (Fsp3) is 0.143. The van der Waals surface area contributed by atoms with Crippen molar-refractivity contribution in [2.24, 2.45) is 0 Å². The molecule has 0 radical (unpaired) electrons. The second-order valence-electron chi connectivity index (χ2n) is 6.21. The summed E-state index contributed by atoms with van der Waals surface area (Å²) >= 11 is 3.26. The Morgan fingerprint density at radius 3 is 2.71 bits per heavy atom. The van der Waals surface area contributed by atoms with Crippen LogP contribution in [0.3, 0.4) is 0 Å². The topological polar surface area (TPSA) is 54.5 Å². The first kappa shape index (κ1) is 18.4. The van der Waals surface area contributed by atoms with E-state index in [9.17, 15) is 9.18 Å². The van der Waals surface area contributed by atoms with E-state index < -0.39 is 12.0 Å². The quantitative estimate of drug-likeness (QED) is 0.594. The molecule has 28 heavy (non-hydrogen) atoms. The summed E-state index contributed by atoms with van der Waals surface area (Å²) in [7, 11) is 0. The molecule has 1 atom stereocenters. The van der Waals surface area contributed by atoms with Crippen LogP contribution in [0, 0.1) is 5.82 Å². The Labute approximate surface area is 170 Å². The number of hydrogen-bond acceptors (Lipinski definition) is 4. The van der Waals surface area contributed by atoms with Gasteiger partial charge in [-0.3, -0.25) is 14.7 Å². The number of carbonyl (C=O) groups is 1. The number of nitrogens with zero attached hydrogens (tertiary/aromatic N) is 2. The van der Waals surface area contributed by atoms with Gasteiger partial charge in [-0.05, 0) is 61.5 Å². The van der Waals surface area contributed by atoms with E-state index in [1.54, 1.807) is 59.6 Å². The predicted molar refractivity (Wildman–Crippen MR) is 109 cm³/mol. The summed E-state index contributed by atoms with van der Waals surface area (Å²) in [6, 6.07) is 15.4. The van der Waals surface area contributed by atoms with Crippen LogP contribution in [0.2, 0.25) is 0 Å². The lowest BCUT2D eigenvalue weighted by molar-refractivity contribution is 0.0993. The normalized spacial score (nSPS) is 15.5. The molecule has 1 N–H and O–H groups in total. The Bertz CT molecular complexity index is 1030. The summed E-state index contributed by atoms with van der Waals surface area (Å²) in [4.78, 5) is 19.0. The average molecular weight is 442 g/mol. The van der Waals surface area contributed by atoms with Gasteiger partial charge in [0.1, 0.15) is 11.6 Å². The largest absolute Gasteiger partial charge is 0.494 e. The fourth-order valence-corrected chi connectivity index (χ4v) is 3.54. The maximum absolute atomic E-state index is 14.4. The molecule has 1 aliphatic rings. The average Bonchev–Trinajstić information content (AvgIpc) is 2.97. The van der Waals surface area contributed by atoms with Crippen LogP contribution in [0.4, 0.5) is 15.8 Å². The Balaban J connectivity index is 1.74. The van der Waals surface area contributed by atoms with Gasteiger partial charge < -0.3 is 10.1 Å². The number of pyridine rings is 1. The van der Waals surface area contributed by atoms with Crippen molar-refractivity contribution >= 4 is 33.2 Å². The first-order valence-corrected chi connectivity index (χ1v) is 9.60. The highest BCUT2D eigenvalue weighted by Gasteiger charge is 2.39. The minimum atomic E-state index is -0.627. The van der Waals surface area contributed by atoms with Crippen molar-refractivity contribution in [2.75, 3.05) is 16.8 Å². The maximum atomic E-state index is 14.4. The van der Waals surface area contributed by atoms with E-state index in [4.69, 9.17) is 4.74 Å². The van der Waals surface area contributed by atoms with Crippen molar-refractivity contribution in [3.63, 3.8) is 0 Å². The molecule has 0 bridgehead atoms. The van der Waals surface area contributed by atoms with Gasteiger partial charge in [0.2, 0.25) is 0 Å². The molecule has 7 heteroatoms. The third-order valence-corrected chi connectivity index (χ3v) is 4.95. The van der Waals surface area contributed by atoms with E-state index in [0.717, 1.165) is 5.75 Å². The van der Waals surface area contributed by atoms with E-state index >= 15 is 0 Å². The number of anilines is 2. The number of amides is 1. The molecule has 0 saturated heterocycles. The van der Waals surface area contributed by atoms with Gasteiger partial charge in [-0.15, -0.1) is 0 Å². The van der Waals surface area contributed by atoms with E-state index in [2.05, 4.69) is 26.2 Å². The van der Waals surface area contributed by atoms with Gasteiger partial charge in [-0.2, -0.15) is 0 Å². The smallest absolute Gasteiger partial charge is 0.262 e. The van der Waals surface area contributed by atoms with E-state index in [1.165, 1.54) is 6.07 Å². The zero-order chi connectivity index (χ0) is 19.7. The minimum absolute atomic E-state index is 0.192. The van der Waals surface area contributed by atoms with Gasteiger partial charge in [0.05, 0.1) is 23.6 Å². The van der Waals surface area contributed by atoms with Crippen molar-refractivity contribution in [3.8, 4) is 5.75 Å². The molecule has 0 unspecified atom stereocenters. The molecule has 1 amide bonds. The monoisotopic (exact) mass is 441 g/mol. The predicted octanol–water partition coefficient (Wildman–Crippen LogP) is 5.15. The Morgan fingerprint density at radius 2 is 2.00 bits per heavy atom. The summed E-state index contributed by atoms with van der Waals surface area (Å²) in [6.07, 6.45) is 0.998. The van der Waals surface area contributed by atoms with Crippen molar-refractivity contribution in [1.29, 1.82) is 0 Å². The molecule has 0 fully saturated rings. The lowest BCUT2D eigenvalue weighted by Gasteiger charge is -2.27. The van der Waals surface area contributed by atoms with Gasteiger partial charge in [-0.25, -0.2) is 4.39 Å². The van der Waals surface area contributed by atoms with Crippen LogP contribution in [0.15, 0.2) is 65.3 Å². The Morgan fingerprint density at radius 1 is 1.21 bits per heavy atom. The van der Waals surface area contributed by atoms with Crippen LogP contribution >= 0.6 is 15.9 Å². The van der Waals surface area contributed by atoms with Crippen molar-refractivity contribution in [3.05, 3.63) is 82.3 Å². The molecule has 3 aromatic rings. The Hall–Kier alpha value is -2.93. The van der Waals surface area contributed by atoms with Crippen LogP contribution < -0.4 is 15.0 Å². The third-order valence-electron chi connectivity index (χ3n) is 4.45. The number of hydrogen-bond donors (Lipinski definition) is 1. The molecule has 1 aromatic heterocycles. The second-order valence-corrected chi connectivity index (χ2v) is 7.12. The van der Waals surface area contributed by atoms with Crippen LogP contribution in [0.25, 0.3) is 0 Å². The summed E-state index contributed by atoms with van der Waals surface area (Å²) in [5, 5.41) is 3.13. The van der Waals surface area contributed by atoms with Crippen LogP contribution in [-0.2, 0) is 0 Å². The van der Waals surface area contributed by atoms with Gasteiger partial charge in [-0.1, -0.05) is 15.9 Å². The third kappa shape index (κ3) is 3.33. The number of fused-ring (bicyclic) bond motifs is 1. The molecular weight excluding hydrogens is 425 g/mol. The highest BCUT2D eigenvalue weighted by molar-refractivity contribution is 9.10. The summed E-state index contributed by atoms with van der Waals surface area (Å²) in [5.41, 5.74) is 2.01. The lowest BCUT2D eigenvalue weighted by Crippen LogP contribution is -2.32. The molecular formula is C21H17BrFN3O2. The molecule has 5 nitrogen and oxygen atoms in total.